The van der Waals surface area contributed by atoms with Crippen molar-refractivity contribution in [1.82, 2.24) is 19.7 Å². The number of rotatable bonds is 2. The van der Waals surface area contributed by atoms with Crippen LogP contribution >= 0.6 is 0 Å². The number of piperidine rings is 1. The Kier molecular flexibility index (Phi) is 3.36. The van der Waals surface area contributed by atoms with Gasteiger partial charge in [-0.05, 0) is 25.7 Å². The van der Waals surface area contributed by atoms with Gasteiger partial charge in [-0.3, -0.25) is 4.68 Å². The molecule has 3 heterocycles. The summed E-state index contributed by atoms with van der Waals surface area (Å²) in [5.41, 5.74) is 3.08. The second kappa shape index (κ2) is 5.04. The molecule has 2 aromatic heterocycles. The molecule has 1 saturated heterocycles. The Morgan fingerprint density at radius 3 is 2.80 bits per heavy atom. The minimum Gasteiger partial charge on any atom is -0.354 e. The zero-order valence-electron chi connectivity index (χ0n) is 12.8. The lowest BCUT2D eigenvalue weighted by molar-refractivity contribution is 0.444. The standard InChI is InChI=1S/C15H23N5/c1-5-12-16-13-11(3)18-19(4)14(13)15(17-12)20-8-6-7-10(2)9-20/h10H,5-9H2,1-4H3/t10-/m1/s1. The molecule has 108 valence electrons. The molecule has 5 heteroatoms. The Bertz CT molecular complexity index is 631. The van der Waals surface area contributed by atoms with Crippen molar-refractivity contribution >= 4 is 16.9 Å². The SMILES string of the molecule is CCc1nc(N2CCC[C@@H](C)C2)c2c(n1)c(C)nn2C. The Balaban J connectivity index is 2.17. The third-order valence-corrected chi connectivity index (χ3v) is 4.15. The van der Waals surface area contributed by atoms with E-state index in [0.717, 1.165) is 53.8 Å². The molecule has 1 aliphatic heterocycles. The van der Waals surface area contributed by atoms with Crippen LogP contribution < -0.4 is 4.90 Å². The van der Waals surface area contributed by atoms with Gasteiger partial charge in [0.25, 0.3) is 0 Å². The Hall–Kier alpha value is -1.65. The molecule has 0 bridgehead atoms. The van der Waals surface area contributed by atoms with E-state index in [1.165, 1.54) is 12.8 Å². The Labute approximate surface area is 120 Å². The average Bonchev–Trinajstić information content (AvgIpc) is 2.73. The van der Waals surface area contributed by atoms with E-state index in [9.17, 15) is 0 Å². The van der Waals surface area contributed by atoms with E-state index in [-0.39, 0.29) is 0 Å². The smallest absolute Gasteiger partial charge is 0.158 e. The second-order valence-corrected chi connectivity index (χ2v) is 5.92. The molecule has 5 nitrogen and oxygen atoms in total. The first-order chi connectivity index (χ1) is 9.60. The van der Waals surface area contributed by atoms with Gasteiger partial charge in [0.2, 0.25) is 0 Å². The normalized spacial score (nSPS) is 19.8. The zero-order chi connectivity index (χ0) is 14.3. The summed E-state index contributed by atoms with van der Waals surface area (Å²) in [4.78, 5) is 11.9. The van der Waals surface area contributed by atoms with Gasteiger partial charge < -0.3 is 4.90 Å². The fourth-order valence-electron chi connectivity index (χ4n) is 3.12. The van der Waals surface area contributed by atoms with Gasteiger partial charge in [-0.25, -0.2) is 9.97 Å². The molecule has 0 unspecified atom stereocenters. The molecule has 20 heavy (non-hydrogen) atoms. The van der Waals surface area contributed by atoms with Crippen molar-refractivity contribution in [1.29, 1.82) is 0 Å². The van der Waals surface area contributed by atoms with Crippen LogP contribution in [0.1, 0.15) is 38.2 Å². The molecule has 3 rings (SSSR count). The first kappa shape index (κ1) is 13.3. The van der Waals surface area contributed by atoms with E-state index < -0.39 is 0 Å². The van der Waals surface area contributed by atoms with Crippen LogP contribution in [-0.4, -0.2) is 32.8 Å². The lowest BCUT2D eigenvalue weighted by atomic mass is 10.0. The molecule has 0 amide bonds. The van der Waals surface area contributed by atoms with Gasteiger partial charge >= 0.3 is 0 Å². The first-order valence-corrected chi connectivity index (χ1v) is 7.55. The molecular formula is C15H23N5. The number of anilines is 1. The van der Waals surface area contributed by atoms with E-state index in [1.807, 2.05) is 18.7 Å². The summed E-state index contributed by atoms with van der Waals surface area (Å²) in [6.07, 6.45) is 3.42. The summed E-state index contributed by atoms with van der Waals surface area (Å²) in [6.45, 7) is 8.62. The summed E-state index contributed by atoms with van der Waals surface area (Å²) in [5.74, 6) is 2.72. The fourth-order valence-corrected chi connectivity index (χ4v) is 3.12. The van der Waals surface area contributed by atoms with Crippen molar-refractivity contribution < 1.29 is 0 Å². The molecule has 0 spiro atoms. The average molecular weight is 273 g/mol. The van der Waals surface area contributed by atoms with Crippen molar-refractivity contribution in [2.75, 3.05) is 18.0 Å². The summed E-state index contributed by atoms with van der Waals surface area (Å²) in [5, 5.41) is 4.53. The van der Waals surface area contributed by atoms with E-state index in [0.29, 0.717) is 0 Å². The van der Waals surface area contributed by atoms with Gasteiger partial charge in [0.15, 0.2) is 5.82 Å². The van der Waals surface area contributed by atoms with Crippen molar-refractivity contribution in [3.63, 3.8) is 0 Å². The van der Waals surface area contributed by atoms with Crippen LogP contribution in [0.15, 0.2) is 0 Å². The predicted molar refractivity (Wildman–Crippen MR) is 81.0 cm³/mol. The van der Waals surface area contributed by atoms with Crippen LogP contribution in [0.25, 0.3) is 11.0 Å². The van der Waals surface area contributed by atoms with Crippen LogP contribution in [0, 0.1) is 12.8 Å². The number of fused-ring (bicyclic) bond motifs is 1. The van der Waals surface area contributed by atoms with Gasteiger partial charge in [-0.1, -0.05) is 13.8 Å². The second-order valence-electron chi connectivity index (χ2n) is 5.92. The maximum atomic E-state index is 4.81. The summed E-state index contributed by atoms with van der Waals surface area (Å²) in [7, 11) is 1.99. The minimum absolute atomic E-state index is 0.730. The summed E-state index contributed by atoms with van der Waals surface area (Å²) >= 11 is 0. The largest absolute Gasteiger partial charge is 0.354 e. The molecule has 0 N–H and O–H groups in total. The maximum Gasteiger partial charge on any atom is 0.158 e. The highest BCUT2D eigenvalue weighted by Crippen LogP contribution is 2.29. The summed E-state index contributed by atoms with van der Waals surface area (Å²) < 4.78 is 1.93. The topological polar surface area (TPSA) is 46.8 Å². The number of aryl methyl sites for hydroxylation is 3. The van der Waals surface area contributed by atoms with Gasteiger partial charge in [0, 0.05) is 26.6 Å². The minimum atomic E-state index is 0.730. The van der Waals surface area contributed by atoms with Crippen molar-refractivity contribution in [3.05, 3.63) is 11.5 Å². The Morgan fingerprint density at radius 2 is 2.10 bits per heavy atom. The van der Waals surface area contributed by atoms with Gasteiger partial charge in [0.05, 0.1) is 5.69 Å². The lowest BCUT2D eigenvalue weighted by Crippen LogP contribution is -2.35. The highest BCUT2D eigenvalue weighted by Gasteiger charge is 2.23. The van der Waals surface area contributed by atoms with Crippen LogP contribution in [0.3, 0.4) is 0 Å². The molecule has 0 aromatic carbocycles. The molecule has 1 atom stereocenters. The van der Waals surface area contributed by atoms with Crippen molar-refractivity contribution in [2.24, 2.45) is 13.0 Å². The fraction of sp³-hybridized carbons (Fsp3) is 0.667. The van der Waals surface area contributed by atoms with Gasteiger partial charge in [0.1, 0.15) is 16.9 Å². The molecule has 0 radical (unpaired) electrons. The molecule has 0 aliphatic carbocycles. The monoisotopic (exact) mass is 273 g/mol. The van der Waals surface area contributed by atoms with Crippen LogP contribution in [-0.2, 0) is 13.5 Å². The van der Waals surface area contributed by atoms with E-state index in [4.69, 9.17) is 4.98 Å². The molecule has 0 saturated carbocycles. The van der Waals surface area contributed by atoms with Gasteiger partial charge in [-0.2, -0.15) is 5.10 Å². The van der Waals surface area contributed by atoms with Crippen molar-refractivity contribution in [3.8, 4) is 0 Å². The third kappa shape index (κ3) is 2.15. The van der Waals surface area contributed by atoms with Gasteiger partial charge in [-0.15, -0.1) is 0 Å². The van der Waals surface area contributed by atoms with Crippen LogP contribution in [0.5, 0.6) is 0 Å². The molecule has 1 fully saturated rings. The molecule has 2 aromatic rings. The lowest BCUT2D eigenvalue weighted by Gasteiger charge is -2.32. The zero-order valence-corrected chi connectivity index (χ0v) is 12.8. The molecular weight excluding hydrogens is 250 g/mol. The number of hydrogen-bond donors (Lipinski definition) is 0. The first-order valence-electron chi connectivity index (χ1n) is 7.55. The Morgan fingerprint density at radius 1 is 1.30 bits per heavy atom. The third-order valence-electron chi connectivity index (χ3n) is 4.15. The predicted octanol–water partition coefficient (Wildman–Crippen LogP) is 2.47. The number of nitrogens with zero attached hydrogens (tertiary/aromatic N) is 5. The van der Waals surface area contributed by atoms with E-state index in [2.05, 4.69) is 28.8 Å². The molecule has 1 aliphatic rings. The van der Waals surface area contributed by atoms with Crippen LogP contribution in [0.2, 0.25) is 0 Å². The highest BCUT2D eigenvalue weighted by molar-refractivity contribution is 5.88. The summed E-state index contributed by atoms with van der Waals surface area (Å²) in [6, 6.07) is 0. The maximum absolute atomic E-state index is 4.81. The van der Waals surface area contributed by atoms with Crippen LogP contribution in [0.4, 0.5) is 5.82 Å². The highest BCUT2D eigenvalue weighted by atomic mass is 15.3. The van der Waals surface area contributed by atoms with E-state index in [1.54, 1.807) is 0 Å². The van der Waals surface area contributed by atoms with Crippen molar-refractivity contribution in [2.45, 2.75) is 40.0 Å². The quantitative estimate of drug-likeness (QED) is 0.843. The number of hydrogen-bond acceptors (Lipinski definition) is 4. The number of aromatic nitrogens is 4. The van der Waals surface area contributed by atoms with E-state index >= 15 is 0 Å².